The summed E-state index contributed by atoms with van der Waals surface area (Å²) in [5, 5.41) is 0. The molecule has 1 aliphatic heterocycles. The van der Waals surface area contributed by atoms with Gasteiger partial charge < -0.3 is 18.9 Å². The van der Waals surface area contributed by atoms with E-state index < -0.39 is 30.6 Å². The lowest BCUT2D eigenvalue weighted by Gasteiger charge is -2.42. The monoisotopic (exact) mass is 549 g/mol. The first-order valence-electron chi connectivity index (χ1n) is 13.9. The fourth-order valence-corrected chi connectivity index (χ4v) is 4.87. The molecule has 0 amide bonds. The number of rotatable bonds is 13. The van der Waals surface area contributed by atoms with Crippen molar-refractivity contribution in [3.8, 4) is 0 Å². The van der Waals surface area contributed by atoms with E-state index in [1.165, 1.54) is 0 Å². The second-order valence-corrected chi connectivity index (χ2v) is 9.98. The van der Waals surface area contributed by atoms with E-state index in [1.54, 1.807) is 0 Å². The molecule has 5 atom stereocenters. The van der Waals surface area contributed by atoms with Crippen molar-refractivity contribution < 1.29 is 23.7 Å². The highest BCUT2D eigenvalue weighted by atomic mass is 16.6. The van der Waals surface area contributed by atoms with Crippen LogP contribution in [0.1, 0.15) is 22.3 Å². The summed E-state index contributed by atoms with van der Waals surface area (Å²) >= 11 is 0. The van der Waals surface area contributed by atoms with Crippen molar-refractivity contribution in [1.82, 2.24) is 0 Å². The first kappa shape index (κ1) is 28.7. The minimum Gasteiger partial charge on any atom is -0.374 e. The summed E-state index contributed by atoms with van der Waals surface area (Å²) in [6.07, 6.45) is -3.17. The van der Waals surface area contributed by atoms with Crippen molar-refractivity contribution in [2.75, 3.05) is 6.61 Å². The van der Waals surface area contributed by atoms with Gasteiger partial charge in [0.25, 0.3) is 0 Å². The van der Waals surface area contributed by atoms with Crippen LogP contribution in [0.3, 0.4) is 0 Å². The quantitative estimate of drug-likeness (QED) is 0.176. The van der Waals surface area contributed by atoms with Gasteiger partial charge in [-0.2, -0.15) is 0 Å². The second-order valence-electron chi connectivity index (χ2n) is 9.98. The molecule has 0 N–H and O–H groups in total. The second kappa shape index (κ2) is 15.2. The van der Waals surface area contributed by atoms with E-state index in [0.29, 0.717) is 26.4 Å². The standard InChI is InChI=1S/C35H35NO5/c1-36-35-34(40-25-30-20-12-5-13-21-30)33(39-24-29-18-10-4-11-19-29)32(38-23-28-16-8-3-9-17-28)31(41-35)26-37-22-27-14-6-2-7-15-27/h2-21,31-35H,22-26H2/t31-,32+,33+,34-,35-/m1/s1. The van der Waals surface area contributed by atoms with Gasteiger partial charge in [-0.25, -0.2) is 6.57 Å². The van der Waals surface area contributed by atoms with E-state index in [1.807, 2.05) is 121 Å². The third kappa shape index (κ3) is 8.34. The average Bonchev–Trinajstić information content (AvgIpc) is 3.04. The van der Waals surface area contributed by atoms with Gasteiger partial charge in [-0.1, -0.05) is 121 Å². The molecule has 6 heteroatoms. The molecule has 6 nitrogen and oxygen atoms in total. The van der Waals surface area contributed by atoms with Crippen molar-refractivity contribution in [2.24, 2.45) is 0 Å². The minimum atomic E-state index is -0.874. The van der Waals surface area contributed by atoms with Gasteiger partial charge in [0.15, 0.2) is 6.10 Å². The van der Waals surface area contributed by atoms with Gasteiger partial charge >= 0.3 is 6.23 Å². The Kier molecular flexibility index (Phi) is 10.7. The Labute approximate surface area is 242 Å². The fourth-order valence-electron chi connectivity index (χ4n) is 4.87. The van der Waals surface area contributed by atoms with Gasteiger partial charge in [0, 0.05) is 0 Å². The molecular weight excluding hydrogens is 514 g/mol. The molecule has 0 spiro atoms. The maximum absolute atomic E-state index is 7.98. The minimum absolute atomic E-state index is 0.247. The van der Waals surface area contributed by atoms with Crippen LogP contribution in [0.25, 0.3) is 4.85 Å². The summed E-state index contributed by atoms with van der Waals surface area (Å²) < 4.78 is 32.0. The van der Waals surface area contributed by atoms with Gasteiger partial charge in [-0.15, -0.1) is 0 Å². The van der Waals surface area contributed by atoms with E-state index in [0.717, 1.165) is 22.3 Å². The summed E-state index contributed by atoms with van der Waals surface area (Å²) in [6, 6.07) is 39.9. The predicted octanol–water partition coefficient (Wildman–Crippen LogP) is 6.60. The molecule has 0 unspecified atom stereocenters. The summed E-state index contributed by atoms with van der Waals surface area (Å²) in [5.74, 6) is 0. The van der Waals surface area contributed by atoms with Gasteiger partial charge in [-0.3, -0.25) is 9.58 Å². The summed E-state index contributed by atoms with van der Waals surface area (Å²) in [5.41, 5.74) is 4.13. The van der Waals surface area contributed by atoms with E-state index in [2.05, 4.69) is 4.85 Å². The number of hydrogen-bond donors (Lipinski definition) is 0. The van der Waals surface area contributed by atoms with Crippen LogP contribution < -0.4 is 0 Å². The van der Waals surface area contributed by atoms with Crippen molar-refractivity contribution in [1.29, 1.82) is 0 Å². The van der Waals surface area contributed by atoms with E-state index in [9.17, 15) is 0 Å². The van der Waals surface area contributed by atoms with Crippen molar-refractivity contribution in [3.63, 3.8) is 0 Å². The van der Waals surface area contributed by atoms with Crippen LogP contribution in [0.5, 0.6) is 0 Å². The van der Waals surface area contributed by atoms with Gasteiger partial charge in [0.05, 0.1) is 33.0 Å². The van der Waals surface area contributed by atoms with E-state index in [-0.39, 0.29) is 6.61 Å². The van der Waals surface area contributed by atoms with Crippen LogP contribution in [0.4, 0.5) is 0 Å². The molecule has 4 aromatic rings. The Morgan fingerprint density at radius 3 is 1.34 bits per heavy atom. The normalized spacial score (nSPS) is 22.2. The number of benzene rings is 4. The highest BCUT2D eigenvalue weighted by molar-refractivity contribution is 5.16. The van der Waals surface area contributed by atoms with Crippen molar-refractivity contribution in [2.45, 2.75) is 57.1 Å². The number of nitrogens with zero attached hydrogens (tertiary/aromatic N) is 1. The molecule has 1 heterocycles. The lowest BCUT2D eigenvalue weighted by molar-refractivity contribution is -0.263. The van der Waals surface area contributed by atoms with Crippen molar-refractivity contribution >= 4 is 0 Å². The molecule has 41 heavy (non-hydrogen) atoms. The highest BCUT2D eigenvalue weighted by Crippen LogP contribution is 2.31. The lowest BCUT2D eigenvalue weighted by atomic mass is 9.97. The van der Waals surface area contributed by atoms with Crippen LogP contribution in [0, 0.1) is 6.57 Å². The molecule has 0 aromatic heterocycles. The Hall–Kier alpha value is -3.83. The Balaban J connectivity index is 1.39. The lowest BCUT2D eigenvalue weighted by Crippen LogP contribution is -2.60. The van der Waals surface area contributed by atoms with Gasteiger partial charge in [0.1, 0.15) is 18.3 Å². The Bertz CT molecular complexity index is 1330. The molecule has 1 fully saturated rings. The van der Waals surface area contributed by atoms with Gasteiger partial charge in [0.2, 0.25) is 0 Å². The summed E-state index contributed by atoms with van der Waals surface area (Å²) in [6.45, 7) is 9.70. The van der Waals surface area contributed by atoms with Crippen LogP contribution >= 0.6 is 0 Å². The van der Waals surface area contributed by atoms with E-state index in [4.69, 9.17) is 30.3 Å². The molecule has 0 aliphatic carbocycles. The molecular formula is C35H35NO5. The zero-order valence-electron chi connectivity index (χ0n) is 23.0. The van der Waals surface area contributed by atoms with Crippen LogP contribution in [-0.4, -0.2) is 37.3 Å². The Morgan fingerprint density at radius 1 is 0.512 bits per heavy atom. The molecule has 0 saturated carbocycles. The first-order valence-corrected chi connectivity index (χ1v) is 13.9. The molecule has 1 aliphatic rings. The van der Waals surface area contributed by atoms with E-state index >= 15 is 0 Å². The third-order valence-corrected chi connectivity index (χ3v) is 6.99. The highest BCUT2D eigenvalue weighted by Gasteiger charge is 2.51. The van der Waals surface area contributed by atoms with Crippen LogP contribution in [0.2, 0.25) is 0 Å². The topological polar surface area (TPSA) is 50.5 Å². The Morgan fingerprint density at radius 2 is 0.902 bits per heavy atom. The van der Waals surface area contributed by atoms with Crippen LogP contribution in [-0.2, 0) is 50.1 Å². The molecule has 4 aromatic carbocycles. The molecule has 5 rings (SSSR count). The fraction of sp³-hybridized carbons (Fsp3) is 0.286. The maximum atomic E-state index is 7.98. The smallest absolute Gasteiger partial charge is 0.357 e. The molecule has 0 bridgehead atoms. The number of hydrogen-bond acceptors (Lipinski definition) is 5. The molecule has 0 radical (unpaired) electrons. The summed E-state index contributed by atoms with van der Waals surface area (Å²) in [4.78, 5) is 3.83. The first-order chi connectivity index (χ1) is 20.3. The predicted molar refractivity (Wildman–Crippen MR) is 156 cm³/mol. The zero-order valence-corrected chi connectivity index (χ0v) is 23.0. The van der Waals surface area contributed by atoms with Crippen molar-refractivity contribution in [3.05, 3.63) is 155 Å². The molecule has 210 valence electrons. The average molecular weight is 550 g/mol. The third-order valence-electron chi connectivity index (χ3n) is 6.99. The summed E-state index contributed by atoms with van der Waals surface area (Å²) in [7, 11) is 0. The maximum Gasteiger partial charge on any atom is 0.357 e. The molecule has 1 saturated heterocycles. The number of ether oxygens (including phenoxy) is 5. The largest absolute Gasteiger partial charge is 0.374 e. The van der Waals surface area contributed by atoms with Gasteiger partial charge in [-0.05, 0) is 22.3 Å². The SMILES string of the molecule is [C-]#[N+][C@@H]1O[C@H](COCc2ccccc2)[C@H](OCc2ccccc2)[C@H](OCc2ccccc2)[C@H]1OCc1ccccc1. The van der Waals surface area contributed by atoms with Crippen LogP contribution in [0.15, 0.2) is 121 Å². The zero-order chi connectivity index (χ0) is 28.1.